The van der Waals surface area contributed by atoms with Gasteiger partial charge in [-0.3, -0.25) is 0 Å². The molecule has 3 N–H and O–H groups in total. The van der Waals surface area contributed by atoms with E-state index in [1.54, 1.807) is 0 Å². The number of nitrogens with zero attached hydrogens (tertiary/aromatic N) is 1. The van der Waals surface area contributed by atoms with Crippen LogP contribution in [-0.4, -0.2) is 47.2 Å². The molecule has 170 valence electrons. The van der Waals surface area contributed by atoms with Crippen molar-refractivity contribution in [3.8, 4) is 0 Å². The zero-order chi connectivity index (χ0) is 22.2. The first-order chi connectivity index (χ1) is 14.6. The molecule has 0 bridgehead atoms. The minimum absolute atomic E-state index is 0.00235. The van der Waals surface area contributed by atoms with Crippen LogP contribution in [-0.2, 0) is 0 Å². The highest BCUT2D eigenvalue weighted by Crippen LogP contribution is 2.67. The Hall–Kier alpha value is -1.36. The molecule has 0 amide bonds. The lowest BCUT2D eigenvalue weighted by atomic mass is 9.45. The Labute approximate surface area is 187 Å². The van der Waals surface area contributed by atoms with E-state index in [1.165, 1.54) is 16.8 Å². The van der Waals surface area contributed by atoms with Gasteiger partial charge in [0.25, 0.3) is 0 Å². The van der Waals surface area contributed by atoms with Gasteiger partial charge in [0.05, 0.1) is 17.8 Å². The standard InChI is InChI=1S/C27H39NO3/c1-25-14-12-22(29)24(17-5-7-18(8-6-17)28(3)4)21(25)10-9-20-19(25)11-15-26(2)23(30)13-16-27(20,26)31/h5-8,10,19-20,22-24,29-31H,9,11-16H2,1-4H3/t19-,20-,22?,23?,24?,25-,26-,27-/m1/s1. The van der Waals surface area contributed by atoms with Gasteiger partial charge < -0.3 is 20.2 Å². The number of hydrogen-bond donors (Lipinski definition) is 3. The maximum Gasteiger partial charge on any atom is 0.0760 e. The molecule has 3 saturated carbocycles. The summed E-state index contributed by atoms with van der Waals surface area (Å²) in [5, 5.41) is 33.7. The number of hydrogen-bond acceptors (Lipinski definition) is 4. The van der Waals surface area contributed by atoms with Crippen molar-refractivity contribution in [2.24, 2.45) is 22.7 Å². The van der Waals surface area contributed by atoms with Crippen molar-refractivity contribution < 1.29 is 15.3 Å². The summed E-state index contributed by atoms with van der Waals surface area (Å²) in [5.74, 6) is 0.643. The molecule has 1 aromatic carbocycles. The van der Waals surface area contributed by atoms with E-state index in [-0.39, 0.29) is 28.8 Å². The second kappa shape index (κ2) is 7.07. The molecule has 4 aliphatic rings. The number of anilines is 1. The van der Waals surface area contributed by atoms with E-state index < -0.39 is 11.7 Å². The van der Waals surface area contributed by atoms with Gasteiger partial charge in [0, 0.05) is 31.1 Å². The Kier molecular flexibility index (Phi) is 4.90. The molecule has 1 aromatic rings. The van der Waals surface area contributed by atoms with Gasteiger partial charge in [-0.1, -0.05) is 37.6 Å². The van der Waals surface area contributed by atoms with Gasteiger partial charge >= 0.3 is 0 Å². The van der Waals surface area contributed by atoms with Crippen LogP contribution in [0.15, 0.2) is 35.9 Å². The number of aliphatic hydroxyl groups excluding tert-OH is 2. The number of rotatable bonds is 2. The summed E-state index contributed by atoms with van der Waals surface area (Å²) in [4.78, 5) is 2.10. The Morgan fingerprint density at radius 1 is 0.903 bits per heavy atom. The van der Waals surface area contributed by atoms with Gasteiger partial charge in [-0.25, -0.2) is 0 Å². The van der Waals surface area contributed by atoms with Crippen molar-refractivity contribution in [2.45, 2.75) is 82.5 Å². The highest BCUT2D eigenvalue weighted by atomic mass is 16.3. The third-order valence-corrected chi connectivity index (χ3v) is 10.1. The van der Waals surface area contributed by atoms with Crippen molar-refractivity contribution in [3.05, 3.63) is 41.5 Å². The lowest BCUT2D eigenvalue weighted by molar-refractivity contribution is -0.189. The predicted molar refractivity (Wildman–Crippen MR) is 124 cm³/mol. The highest BCUT2D eigenvalue weighted by molar-refractivity contribution is 5.49. The first-order valence-electron chi connectivity index (χ1n) is 12.2. The predicted octanol–water partition coefficient (Wildman–Crippen LogP) is 4.25. The maximum atomic E-state index is 11.9. The molecule has 0 aromatic heterocycles. The molecule has 3 unspecified atom stereocenters. The minimum Gasteiger partial charge on any atom is -0.392 e. The van der Waals surface area contributed by atoms with Gasteiger partial charge in [0.1, 0.15) is 0 Å². The molecule has 31 heavy (non-hydrogen) atoms. The molecule has 8 atom stereocenters. The maximum absolute atomic E-state index is 11.9. The average molecular weight is 426 g/mol. The summed E-state index contributed by atoms with van der Waals surface area (Å²) in [6.07, 6.45) is 7.61. The molecule has 4 aliphatic carbocycles. The van der Waals surface area contributed by atoms with Crippen LogP contribution in [0.4, 0.5) is 5.69 Å². The number of allylic oxidation sites excluding steroid dienone is 1. The molecular weight excluding hydrogens is 386 g/mol. The fraction of sp³-hybridized carbons (Fsp3) is 0.704. The van der Waals surface area contributed by atoms with Crippen LogP contribution in [0.25, 0.3) is 0 Å². The van der Waals surface area contributed by atoms with E-state index in [4.69, 9.17) is 0 Å². The molecule has 4 nitrogen and oxygen atoms in total. The highest BCUT2D eigenvalue weighted by Gasteiger charge is 2.66. The Morgan fingerprint density at radius 3 is 2.29 bits per heavy atom. The third-order valence-electron chi connectivity index (χ3n) is 10.1. The number of fused-ring (bicyclic) bond motifs is 5. The summed E-state index contributed by atoms with van der Waals surface area (Å²) >= 11 is 0. The molecule has 0 radical (unpaired) electrons. The van der Waals surface area contributed by atoms with Crippen LogP contribution in [0.1, 0.15) is 70.3 Å². The Bertz CT molecular complexity index is 879. The van der Waals surface area contributed by atoms with Gasteiger partial charge in [-0.15, -0.1) is 0 Å². The second-order valence-electron chi connectivity index (χ2n) is 11.5. The Balaban J connectivity index is 1.53. The van der Waals surface area contributed by atoms with Crippen LogP contribution in [0.3, 0.4) is 0 Å². The third kappa shape index (κ3) is 2.84. The van der Waals surface area contributed by atoms with E-state index in [2.05, 4.69) is 49.1 Å². The lowest BCUT2D eigenvalue weighted by Crippen LogP contribution is -2.61. The molecule has 0 aliphatic heterocycles. The first kappa shape index (κ1) is 21.5. The average Bonchev–Trinajstić information content (AvgIpc) is 2.99. The summed E-state index contributed by atoms with van der Waals surface area (Å²) in [6, 6.07) is 8.66. The largest absolute Gasteiger partial charge is 0.392 e. The number of aliphatic hydroxyl groups is 3. The van der Waals surface area contributed by atoms with Gasteiger partial charge in [0.15, 0.2) is 0 Å². The van der Waals surface area contributed by atoms with Crippen LogP contribution < -0.4 is 4.90 Å². The fourth-order valence-corrected chi connectivity index (χ4v) is 8.07. The normalized spacial score (nSPS) is 46.5. The van der Waals surface area contributed by atoms with Crippen LogP contribution in [0.2, 0.25) is 0 Å². The van der Waals surface area contributed by atoms with Gasteiger partial charge in [0.2, 0.25) is 0 Å². The summed E-state index contributed by atoms with van der Waals surface area (Å²) in [7, 11) is 4.10. The van der Waals surface area contributed by atoms with Crippen molar-refractivity contribution in [3.63, 3.8) is 0 Å². The summed E-state index contributed by atoms with van der Waals surface area (Å²) in [6.45, 7) is 4.50. The van der Waals surface area contributed by atoms with E-state index >= 15 is 0 Å². The molecule has 4 heteroatoms. The quantitative estimate of drug-likeness (QED) is 0.620. The Morgan fingerprint density at radius 2 is 1.61 bits per heavy atom. The summed E-state index contributed by atoms with van der Waals surface area (Å²) in [5.41, 5.74) is 2.59. The van der Waals surface area contributed by atoms with E-state index in [0.717, 1.165) is 32.1 Å². The fourth-order valence-electron chi connectivity index (χ4n) is 8.07. The van der Waals surface area contributed by atoms with Crippen molar-refractivity contribution in [2.75, 3.05) is 19.0 Å². The minimum atomic E-state index is -0.778. The van der Waals surface area contributed by atoms with E-state index in [9.17, 15) is 15.3 Å². The molecular formula is C27H39NO3. The van der Waals surface area contributed by atoms with E-state index in [1.807, 2.05) is 14.1 Å². The number of benzene rings is 1. The zero-order valence-corrected chi connectivity index (χ0v) is 19.5. The van der Waals surface area contributed by atoms with Crippen LogP contribution in [0.5, 0.6) is 0 Å². The van der Waals surface area contributed by atoms with Crippen molar-refractivity contribution in [1.82, 2.24) is 0 Å². The van der Waals surface area contributed by atoms with Crippen LogP contribution >= 0.6 is 0 Å². The monoisotopic (exact) mass is 425 g/mol. The smallest absolute Gasteiger partial charge is 0.0760 e. The van der Waals surface area contributed by atoms with Gasteiger partial charge in [-0.2, -0.15) is 0 Å². The topological polar surface area (TPSA) is 63.9 Å². The SMILES string of the molecule is CN(C)c1ccc(C2C3=CC[C@@H]4[C@@H](CC[C@]5(C)C(O)CC[C@@]45O)[C@@]3(C)CCC2O)cc1. The van der Waals surface area contributed by atoms with E-state index in [0.29, 0.717) is 18.8 Å². The van der Waals surface area contributed by atoms with Crippen LogP contribution in [0, 0.1) is 22.7 Å². The molecule has 0 heterocycles. The van der Waals surface area contributed by atoms with Gasteiger partial charge in [-0.05, 0) is 79.9 Å². The molecule has 3 fully saturated rings. The lowest BCUT2D eigenvalue weighted by Gasteiger charge is -2.61. The zero-order valence-electron chi connectivity index (χ0n) is 19.5. The van der Waals surface area contributed by atoms with Crippen molar-refractivity contribution in [1.29, 1.82) is 0 Å². The second-order valence-corrected chi connectivity index (χ2v) is 11.5. The summed E-state index contributed by atoms with van der Waals surface area (Å²) < 4.78 is 0. The first-order valence-corrected chi connectivity index (χ1v) is 12.2. The molecule has 5 rings (SSSR count). The molecule has 0 spiro atoms. The molecule has 0 saturated heterocycles. The van der Waals surface area contributed by atoms with Crippen molar-refractivity contribution >= 4 is 5.69 Å².